The molecule has 0 saturated carbocycles. The van der Waals surface area contributed by atoms with E-state index in [4.69, 9.17) is 5.84 Å². The molecule has 4 nitrogen and oxygen atoms in total. The molecule has 6 heteroatoms. The molecule has 0 fully saturated rings. The van der Waals surface area contributed by atoms with Crippen molar-refractivity contribution in [3.8, 4) is 0 Å². The van der Waals surface area contributed by atoms with Crippen LogP contribution in [0.1, 0.15) is 17.0 Å². The van der Waals surface area contributed by atoms with Crippen molar-refractivity contribution in [3.05, 3.63) is 52.9 Å². The maximum absolute atomic E-state index is 13.2. The summed E-state index contributed by atoms with van der Waals surface area (Å²) in [7, 11) is 1.87. The third-order valence-corrected chi connectivity index (χ3v) is 3.26. The van der Waals surface area contributed by atoms with Gasteiger partial charge in [-0.25, -0.2) is 8.78 Å². The number of aryl methyl sites for hydroxylation is 2. The van der Waals surface area contributed by atoms with E-state index in [1.807, 2.05) is 20.0 Å². The Balaban J connectivity index is 2.08. The number of benzene rings is 1. The van der Waals surface area contributed by atoms with Gasteiger partial charge in [-0.05, 0) is 37.1 Å². The number of halogens is 2. The third-order valence-electron chi connectivity index (χ3n) is 3.26. The summed E-state index contributed by atoms with van der Waals surface area (Å²) in [5.41, 5.74) is 5.38. The van der Waals surface area contributed by atoms with Gasteiger partial charge in [0.1, 0.15) is 0 Å². The smallest absolute Gasteiger partial charge is 0.159 e. The molecule has 0 aliphatic rings. The monoisotopic (exact) mass is 280 g/mol. The highest BCUT2D eigenvalue weighted by Crippen LogP contribution is 2.13. The second kappa shape index (κ2) is 6.11. The summed E-state index contributed by atoms with van der Waals surface area (Å²) in [5.74, 6) is 3.87. The number of aromatic nitrogens is 2. The lowest BCUT2D eigenvalue weighted by Crippen LogP contribution is -2.38. The highest BCUT2D eigenvalue weighted by molar-refractivity contribution is 5.20. The van der Waals surface area contributed by atoms with Crippen LogP contribution in [0.3, 0.4) is 0 Å². The predicted molar refractivity (Wildman–Crippen MR) is 72.8 cm³/mol. The van der Waals surface area contributed by atoms with Gasteiger partial charge in [0, 0.05) is 25.2 Å². The van der Waals surface area contributed by atoms with Crippen molar-refractivity contribution in [2.45, 2.75) is 25.8 Å². The lowest BCUT2D eigenvalue weighted by atomic mass is 10.0. The molecule has 108 valence electrons. The van der Waals surface area contributed by atoms with Crippen LogP contribution in [0, 0.1) is 18.6 Å². The zero-order chi connectivity index (χ0) is 14.7. The fraction of sp³-hybridized carbons (Fsp3) is 0.357. The fourth-order valence-corrected chi connectivity index (χ4v) is 2.25. The van der Waals surface area contributed by atoms with Crippen molar-refractivity contribution >= 4 is 0 Å². The quantitative estimate of drug-likeness (QED) is 0.646. The van der Waals surface area contributed by atoms with Gasteiger partial charge >= 0.3 is 0 Å². The number of nitrogens with two attached hydrogens (primary N) is 1. The zero-order valence-electron chi connectivity index (χ0n) is 11.5. The molecule has 1 atom stereocenters. The van der Waals surface area contributed by atoms with Crippen LogP contribution in [0.2, 0.25) is 0 Å². The zero-order valence-corrected chi connectivity index (χ0v) is 11.5. The van der Waals surface area contributed by atoms with Crippen LogP contribution in [0.4, 0.5) is 8.78 Å². The molecule has 1 aromatic carbocycles. The van der Waals surface area contributed by atoms with Gasteiger partial charge in [-0.2, -0.15) is 5.10 Å². The summed E-state index contributed by atoms with van der Waals surface area (Å²) in [6.45, 7) is 1.92. The summed E-state index contributed by atoms with van der Waals surface area (Å²) < 4.78 is 27.9. The Morgan fingerprint density at radius 1 is 1.25 bits per heavy atom. The molecule has 1 unspecified atom stereocenters. The maximum Gasteiger partial charge on any atom is 0.159 e. The van der Waals surface area contributed by atoms with Gasteiger partial charge in [0.2, 0.25) is 0 Å². The summed E-state index contributed by atoms with van der Waals surface area (Å²) in [6, 6.07) is 5.81. The minimum atomic E-state index is -0.840. The molecule has 1 heterocycles. The molecular weight excluding hydrogens is 262 g/mol. The second-order valence-corrected chi connectivity index (χ2v) is 4.92. The topological polar surface area (TPSA) is 55.9 Å². The van der Waals surface area contributed by atoms with Crippen LogP contribution in [-0.4, -0.2) is 15.8 Å². The van der Waals surface area contributed by atoms with Crippen LogP contribution < -0.4 is 11.3 Å². The first-order chi connectivity index (χ1) is 9.49. The van der Waals surface area contributed by atoms with E-state index >= 15 is 0 Å². The number of hydrazine groups is 1. The largest absolute Gasteiger partial charge is 0.272 e. The maximum atomic E-state index is 13.2. The molecule has 0 bridgehead atoms. The Morgan fingerprint density at radius 3 is 2.55 bits per heavy atom. The van der Waals surface area contributed by atoms with Gasteiger partial charge < -0.3 is 0 Å². The highest BCUT2D eigenvalue weighted by Gasteiger charge is 2.13. The van der Waals surface area contributed by atoms with Crippen molar-refractivity contribution in [3.63, 3.8) is 0 Å². The molecule has 2 aromatic rings. The van der Waals surface area contributed by atoms with Gasteiger partial charge in [0.05, 0.1) is 5.69 Å². The van der Waals surface area contributed by atoms with E-state index in [9.17, 15) is 8.78 Å². The van der Waals surface area contributed by atoms with E-state index in [1.165, 1.54) is 6.07 Å². The first kappa shape index (κ1) is 14.6. The molecule has 1 aromatic heterocycles. The Bertz CT molecular complexity index is 595. The summed E-state index contributed by atoms with van der Waals surface area (Å²) in [5, 5.41) is 4.27. The van der Waals surface area contributed by atoms with Gasteiger partial charge in [0.15, 0.2) is 11.6 Å². The molecule has 20 heavy (non-hydrogen) atoms. The summed E-state index contributed by atoms with van der Waals surface area (Å²) in [4.78, 5) is 0. The lowest BCUT2D eigenvalue weighted by molar-refractivity contribution is 0.492. The van der Waals surface area contributed by atoms with E-state index in [1.54, 1.807) is 10.7 Å². The number of hydrogen-bond donors (Lipinski definition) is 2. The fourth-order valence-electron chi connectivity index (χ4n) is 2.25. The minimum absolute atomic E-state index is 0.0744. The van der Waals surface area contributed by atoms with Crippen molar-refractivity contribution in [2.75, 3.05) is 0 Å². The van der Waals surface area contributed by atoms with Crippen LogP contribution in [0.5, 0.6) is 0 Å². The van der Waals surface area contributed by atoms with Crippen LogP contribution in [0.25, 0.3) is 0 Å². The van der Waals surface area contributed by atoms with E-state index in [0.717, 1.165) is 17.5 Å². The molecule has 0 aliphatic heterocycles. The van der Waals surface area contributed by atoms with Gasteiger partial charge in [0.25, 0.3) is 0 Å². The molecule has 0 aliphatic carbocycles. The Hall–Kier alpha value is -1.79. The molecule has 0 amide bonds. The van der Waals surface area contributed by atoms with Crippen molar-refractivity contribution < 1.29 is 8.78 Å². The van der Waals surface area contributed by atoms with Crippen LogP contribution in [0.15, 0.2) is 24.3 Å². The predicted octanol–water partition coefficient (Wildman–Crippen LogP) is 1.62. The molecule has 0 saturated heterocycles. The van der Waals surface area contributed by atoms with Gasteiger partial charge in [-0.15, -0.1) is 0 Å². The van der Waals surface area contributed by atoms with Crippen molar-refractivity contribution in [1.82, 2.24) is 15.2 Å². The van der Waals surface area contributed by atoms with Crippen molar-refractivity contribution in [2.24, 2.45) is 12.9 Å². The number of nitrogens with zero attached hydrogens (tertiary/aromatic N) is 2. The van der Waals surface area contributed by atoms with Gasteiger partial charge in [-0.3, -0.25) is 16.0 Å². The van der Waals surface area contributed by atoms with E-state index in [0.29, 0.717) is 18.4 Å². The first-order valence-electron chi connectivity index (χ1n) is 6.39. The number of rotatable bonds is 5. The van der Waals surface area contributed by atoms with E-state index < -0.39 is 11.6 Å². The third kappa shape index (κ3) is 3.40. The Labute approximate surface area is 116 Å². The molecule has 0 spiro atoms. The number of hydrogen-bond acceptors (Lipinski definition) is 3. The molecule has 2 rings (SSSR count). The van der Waals surface area contributed by atoms with Crippen LogP contribution in [-0.2, 0) is 19.9 Å². The highest BCUT2D eigenvalue weighted by atomic mass is 19.2. The second-order valence-electron chi connectivity index (χ2n) is 4.92. The first-order valence-corrected chi connectivity index (χ1v) is 6.39. The van der Waals surface area contributed by atoms with Gasteiger partial charge in [-0.1, -0.05) is 6.07 Å². The van der Waals surface area contributed by atoms with Crippen molar-refractivity contribution in [1.29, 1.82) is 0 Å². The average molecular weight is 280 g/mol. The van der Waals surface area contributed by atoms with Crippen LogP contribution >= 0.6 is 0 Å². The molecule has 3 N–H and O–H groups in total. The Morgan fingerprint density at radius 2 is 2.00 bits per heavy atom. The lowest BCUT2D eigenvalue weighted by Gasteiger charge is -2.16. The Kier molecular flexibility index (Phi) is 4.46. The SMILES string of the molecule is Cc1cc(CC(Cc2ccc(F)c(F)c2)NN)n(C)n1. The molecule has 0 radical (unpaired) electrons. The number of nitrogens with one attached hydrogen (secondary N) is 1. The minimum Gasteiger partial charge on any atom is -0.272 e. The molecular formula is C14H18F2N4. The summed E-state index contributed by atoms with van der Waals surface area (Å²) in [6.07, 6.45) is 1.17. The summed E-state index contributed by atoms with van der Waals surface area (Å²) >= 11 is 0. The standard InChI is InChI=1S/C14H18F2N4/c1-9-5-12(20(2)19-9)8-11(18-17)6-10-3-4-13(15)14(16)7-10/h3-5,7,11,18H,6,8,17H2,1-2H3. The normalized spacial score (nSPS) is 12.7. The van der Waals surface area contributed by atoms with E-state index in [-0.39, 0.29) is 6.04 Å². The average Bonchev–Trinajstić information content (AvgIpc) is 2.71. The van der Waals surface area contributed by atoms with E-state index in [2.05, 4.69) is 10.5 Å².